The monoisotopic (exact) mass is 162 g/mol. The van der Waals surface area contributed by atoms with E-state index in [4.69, 9.17) is 0 Å². The summed E-state index contributed by atoms with van der Waals surface area (Å²) in [6.45, 7) is 0. The molecule has 4 heteroatoms. The van der Waals surface area contributed by atoms with Gasteiger partial charge in [0, 0.05) is 0 Å². The molecule has 0 aliphatic rings. The van der Waals surface area contributed by atoms with Gasteiger partial charge in [0.05, 0.1) is 0 Å². The zero-order valence-electron chi connectivity index (χ0n) is 4.48. The zero-order valence-corrected chi connectivity index (χ0v) is 5.76. The van der Waals surface area contributed by atoms with E-state index in [1.807, 2.05) is 0 Å². The van der Waals surface area contributed by atoms with E-state index in [9.17, 15) is 7.96 Å². The van der Waals surface area contributed by atoms with E-state index in [2.05, 4.69) is 4.98 Å². The normalized spacial score (nSPS) is 10.0. The third-order valence-electron chi connectivity index (χ3n) is 0.827. The maximum absolute atomic E-state index is 10.3. The second-order valence-corrected chi connectivity index (χ2v) is 2.89. The van der Waals surface area contributed by atoms with Crippen molar-refractivity contribution in [3.05, 3.63) is 24.5 Å². The topological polar surface area (TPSA) is 53.0 Å². The SMILES string of the molecule is [O]=[Cr]([O-])[c]1cccnc1. The number of hydrogen-bond donors (Lipinski definition) is 0. The van der Waals surface area contributed by atoms with Crippen LogP contribution in [-0.4, -0.2) is 4.98 Å². The molecule has 1 aromatic rings. The van der Waals surface area contributed by atoms with Crippen molar-refractivity contribution in [3.63, 3.8) is 0 Å². The Morgan fingerprint density at radius 2 is 2.44 bits per heavy atom. The number of rotatable bonds is 1. The summed E-state index contributed by atoms with van der Waals surface area (Å²) in [5.41, 5.74) is 0. The molecule has 0 atom stereocenters. The van der Waals surface area contributed by atoms with Crippen LogP contribution in [0.2, 0.25) is 0 Å². The van der Waals surface area contributed by atoms with Crippen LogP contribution in [0.4, 0.5) is 0 Å². The van der Waals surface area contributed by atoms with Crippen LogP contribution in [0.3, 0.4) is 0 Å². The Morgan fingerprint density at radius 1 is 1.67 bits per heavy atom. The van der Waals surface area contributed by atoms with Gasteiger partial charge in [0.25, 0.3) is 0 Å². The van der Waals surface area contributed by atoms with Crippen LogP contribution >= 0.6 is 0 Å². The molecule has 0 saturated heterocycles. The van der Waals surface area contributed by atoms with Crippen LogP contribution in [0.25, 0.3) is 0 Å². The van der Waals surface area contributed by atoms with Crippen molar-refractivity contribution < 1.29 is 22.4 Å². The molecular weight excluding hydrogens is 158 g/mol. The Balaban J connectivity index is 2.98. The first kappa shape index (κ1) is 6.56. The van der Waals surface area contributed by atoms with Crippen LogP contribution in [0.15, 0.2) is 24.5 Å². The van der Waals surface area contributed by atoms with Gasteiger partial charge in [-0.1, -0.05) is 0 Å². The molecule has 0 aliphatic carbocycles. The van der Waals surface area contributed by atoms with Gasteiger partial charge < -0.3 is 0 Å². The average molecular weight is 162 g/mol. The van der Waals surface area contributed by atoms with Crippen LogP contribution < -0.4 is 8.58 Å². The van der Waals surface area contributed by atoms with Crippen LogP contribution in [0, 0.1) is 0 Å². The first-order chi connectivity index (χ1) is 4.30. The number of nitrogens with zero attached hydrogens (tertiary/aromatic N) is 1. The molecule has 0 aliphatic heterocycles. The van der Waals surface area contributed by atoms with E-state index < -0.39 is 14.4 Å². The molecule has 0 bridgehead atoms. The zero-order chi connectivity index (χ0) is 6.69. The standard InChI is InChI=1S/C5H4N.Cr.2O/c1-2-4-6-5-3-1;;;/h1-2,4-5H;;;/q;;;-1. The van der Waals surface area contributed by atoms with Crippen molar-refractivity contribution in [2.24, 2.45) is 0 Å². The van der Waals surface area contributed by atoms with Gasteiger partial charge in [-0.3, -0.25) is 0 Å². The van der Waals surface area contributed by atoms with Gasteiger partial charge >= 0.3 is 56.3 Å². The van der Waals surface area contributed by atoms with E-state index >= 15 is 0 Å². The second-order valence-electron chi connectivity index (χ2n) is 1.42. The molecule has 1 heterocycles. The molecule has 0 saturated carbocycles. The fourth-order valence-electron chi connectivity index (χ4n) is 0.446. The summed E-state index contributed by atoms with van der Waals surface area (Å²) in [6.07, 6.45) is 2.88. The van der Waals surface area contributed by atoms with E-state index in [1.165, 1.54) is 18.5 Å². The summed E-state index contributed by atoms with van der Waals surface area (Å²) >= 11 is -2.97. The predicted molar refractivity (Wildman–Crippen MR) is 24.6 cm³/mol. The van der Waals surface area contributed by atoms with Gasteiger partial charge in [0.1, 0.15) is 0 Å². The van der Waals surface area contributed by atoms with Crippen LogP contribution in [0.5, 0.6) is 0 Å². The Hall–Kier alpha value is -0.558. The molecule has 1 rings (SSSR count). The first-order valence-corrected chi connectivity index (χ1v) is 3.98. The molecule has 3 nitrogen and oxygen atoms in total. The predicted octanol–water partition coefficient (Wildman–Crippen LogP) is -1.05. The van der Waals surface area contributed by atoms with Gasteiger partial charge in [-0.25, -0.2) is 0 Å². The number of hydrogen-bond acceptors (Lipinski definition) is 3. The Kier molecular flexibility index (Phi) is 2.07. The van der Waals surface area contributed by atoms with Crippen LogP contribution in [0.1, 0.15) is 0 Å². The molecular formula is C5H4CrNO2-. The van der Waals surface area contributed by atoms with Crippen molar-refractivity contribution in [1.82, 2.24) is 4.98 Å². The third kappa shape index (κ3) is 1.68. The number of aromatic nitrogens is 1. The third-order valence-corrected chi connectivity index (χ3v) is 1.80. The number of pyridine rings is 1. The summed E-state index contributed by atoms with van der Waals surface area (Å²) in [7, 11) is 0. The molecule has 1 aromatic heterocycles. The van der Waals surface area contributed by atoms with Gasteiger partial charge in [-0.2, -0.15) is 0 Å². The van der Waals surface area contributed by atoms with Gasteiger partial charge in [0.15, 0.2) is 0 Å². The van der Waals surface area contributed by atoms with E-state index in [0.29, 0.717) is 4.43 Å². The Bertz CT molecular complexity index is 211. The molecule has 0 fully saturated rings. The Morgan fingerprint density at radius 3 is 2.78 bits per heavy atom. The molecule has 0 radical (unpaired) electrons. The Labute approximate surface area is 56.9 Å². The molecule has 0 amide bonds. The fourth-order valence-corrected chi connectivity index (χ4v) is 0.971. The molecule has 0 aromatic carbocycles. The fraction of sp³-hybridized carbons (Fsp3) is 0. The molecule has 48 valence electrons. The first-order valence-electron chi connectivity index (χ1n) is 2.30. The van der Waals surface area contributed by atoms with Crippen molar-refractivity contribution in [2.45, 2.75) is 0 Å². The summed E-state index contributed by atoms with van der Waals surface area (Å²) in [5, 5.41) is 0. The van der Waals surface area contributed by atoms with Crippen molar-refractivity contribution in [3.8, 4) is 0 Å². The summed E-state index contributed by atoms with van der Waals surface area (Å²) in [5.74, 6) is 0. The average Bonchev–Trinajstić information content (AvgIpc) is 1.90. The van der Waals surface area contributed by atoms with Gasteiger partial charge in [-0.15, -0.1) is 0 Å². The minimum atomic E-state index is -2.97. The van der Waals surface area contributed by atoms with E-state index in [0.717, 1.165) is 0 Å². The molecule has 9 heavy (non-hydrogen) atoms. The van der Waals surface area contributed by atoms with Crippen molar-refractivity contribution in [2.75, 3.05) is 0 Å². The van der Waals surface area contributed by atoms with E-state index in [1.54, 1.807) is 6.07 Å². The van der Waals surface area contributed by atoms with E-state index in [-0.39, 0.29) is 0 Å². The summed E-state index contributed by atoms with van der Waals surface area (Å²) in [4.78, 5) is 3.64. The van der Waals surface area contributed by atoms with Crippen LogP contribution in [-0.2, 0) is 18.2 Å². The van der Waals surface area contributed by atoms with Gasteiger partial charge in [0.2, 0.25) is 0 Å². The second kappa shape index (κ2) is 2.83. The quantitative estimate of drug-likeness (QED) is 0.529. The summed E-state index contributed by atoms with van der Waals surface area (Å²) in [6, 6.07) is 3.12. The van der Waals surface area contributed by atoms with Crippen molar-refractivity contribution in [1.29, 1.82) is 0 Å². The summed E-state index contributed by atoms with van der Waals surface area (Å²) < 4.78 is 20.8. The molecule has 0 spiro atoms. The van der Waals surface area contributed by atoms with Crippen molar-refractivity contribution >= 4 is 4.43 Å². The molecule has 0 unspecified atom stereocenters. The molecule has 0 N–H and O–H groups in total. The van der Waals surface area contributed by atoms with Gasteiger partial charge in [-0.05, 0) is 0 Å². The maximum atomic E-state index is 10.3. The minimum absolute atomic E-state index is 0.317.